The first-order chi connectivity index (χ1) is 11.2. The quantitative estimate of drug-likeness (QED) is 0.947. The molecule has 1 aliphatic rings. The Hall–Kier alpha value is -2.33. The van der Waals surface area contributed by atoms with Crippen molar-refractivity contribution < 1.29 is 4.79 Å². The highest BCUT2D eigenvalue weighted by molar-refractivity contribution is 5.94. The van der Waals surface area contributed by atoms with Gasteiger partial charge in [-0.3, -0.25) is 4.79 Å². The van der Waals surface area contributed by atoms with Crippen molar-refractivity contribution >= 4 is 11.6 Å². The Balaban J connectivity index is 1.64. The first-order valence-corrected chi connectivity index (χ1v) is 8.08. The molecule has 1 saturated heterocycles. The number of para-hydroxylation sites is 1. The van der Waals surface area contributed by atoms with Gasteiger partial charge in [0, 0.05) is 44.0 Å². The zero-order valence-corrected chi connectivity index (χ0v) is 13.5. The van der Waals surface area contributed by atoms with Gasteiger partial charge in [0.05, 0.1) is 0 Å². The van der Waals surface area contributed by atoms with E-state index in [0.717, 1.165) is 37.3 Å². The molecule has 2 aromatic carbocycles. The van der Waals surface area contributed by atoms with Crippen LogP contribution in [0.25, 0.3) is 0 Å². The second-order valence-corrected chi connectivity index (χ2v) is 5.97. The molecule has 0 aliphatic carbocycles. The summed E-state index contributed by atoms with van der Waals surface area (Å²) < 4.78 is 0. The Morgan fingerprint density at radius 3 is 2.26 bits per heavy atom. The molecule has 3 rings (SSSR count). The van der Waals surface area contributed by atoms with Crippen molar-refractivity contribution in [3.63, 3.8) is 0 Å². The van der Waals surface area contributed by atoms with Crippen molar-refractivity contribution in [1.82, 2.24) is 4.90 Å². The highest BCUT2D eigenvalue weighted by Gasteiger charge is 2.22. The number of piperazine rings is 1. The van der Waals surface area contributed by atoms with Crippen LogP contribution < -0.4 is 10.6 Å². The van der Waals surface area contributed by atoms with Crippen LogP contribution in [0.1, 0.15) is 21.5 Å². The Bertz CT molecular complexity index is 673. The molecular weight excluding hydrogens is 286 g/mol. The molecule has 4 heteroatoms. The minimum absolute atomic E-state index is 0.109. The number of nitrogens with two attached hydrogens (primary N) is 1. The maximum atomic E-state index is 12.6. The van der Waals surface area contributed by atoms with Gasteiger partial charge in [-0.15, -0.1) is 0 Å². The lowest BCUT2D eigenvalue weighted by Crippen LogP contribution is -2.49. The molecule has 1 heterocycles. The molecule has 4 nitrogen and oxygen atoms in total. The zero-order chi connectivity index (χ0) is 16.2. The van der Waals surface area contributed by atoms with Crippen LogP contribution in [-0.2, 0) is 6.54 Å². The third-order valence-corrected chi connectivity index (χ3v) is 4.46. The predicted molar refractivity (Wildman–Crippen MR) is 93.6 cm³/mol. The summed E-state index contributed by atoms with van der Waals surface area (Å²) in [4.78, 5) is 16.9. The van der Waals surface area contributed by atoms with Gasteiger partial charge in [0.2, 0.25) is 0 Å². The normalized spacial score (nSPS) is 14.9. The lowest BCUT2D eigenvalue weighted by molar-refractivity contribution is 0.0747. The molecule has 1 amide bonds. The van der Waals surface area contributed by atoms with Crippen LogP contribution in [0.4, 0.5) is 5.69 Å². The zero-order valence-electron chi connectivity index (χ0n) is 13.5. The molecule has 0 radical (unpaired) electrons. The van der Waals surface area contributed by atoms with E-state index >= 15 is 0 Å². The number of anilines is 1. The molecule has 23 heavy (non-hydrogen) atoms. The molecular formula is C19H23N3O. The van der Waals surface area contributed by atoms with E-state index in [1.54, 1.807) is 0 Å². The fourth-order valence-electron chi connectivity index (χ4n) is 3.03. The second kappa shape index (κ2) is 6.84. The van der Waals surface area contributed by atoms with E-state index in [4.69, 9.17) is 5.73 Å². The van der Waals surface area contributed by atoms with E-state index in [1.807, 2.05) is 29.2 Å². The van der Waals surface area contributed by atoms with Crippen molar-refractivity contribution in [2.45, 2.75) is 13.5 Å². The van der Waals surface area contributed by atoms with Crippen LogP contribution >= 0.6 is 0 Å². The summed E-state index contributed by atoms with van der Waals surface area (Å²) in [6, 6.07) is 16.0. The van der Waals surface area contributed by atoms with E-state index in [9.17, 15) is 4.79 Å². The standard InChI is InChI=1S/C19H23N3O/c1-15-4-2-3-5-18(15)21-10-12-22(13-11-21)19(23)17-8-6-16(14-20)7-9-17/h2-9H,10-14,20H2,1H3. The molecule has 1 aliphatic heterocycles. The molecule has 0 spiro atoms. The third-order valence-electron chi connectivity index (χ3n) is 4.46. The van der Waals surface area contributed by atoms with Gasteiger partial charge in [0.1, 0.15) is 0 Å². The molecule has 0 atom stereocenters. The van der Waals surface area contributed by atoms with Crippen LogP contribution in [0, 0.1) is 6.92 Å². The summed E-state index contributed by atoms with van der Waals surface area (Å²) in [7, 11) is 0. The third kappa shape index (κ3) is 3.37. The highest BCUT2D eigenvalue weighted by atomic mass is 16.2. The van der Waals surface area contributed by atoms with Crippen molar-refractivity contribution in [2.75, 3.05) is 31.1 Å². The van der Waals surface area contributed by atoms with Crippen LogP contribution in [0.3, 0.4) is 0 Å². The van der Waals surface area contributed by atoms with Crippen molar-refractivity contribution in [3.05, 3.63) is 65.2 Å². The average molecular weight is 309 g/mol. The largest absolute Gasteiger partial charge is 0.368 e. The molecule has 0 bridgehead atoms. The summed E-state index contributed by atoms with van der Waals surface area (Å²) >= 11 is 0. The average Bonchev–Trinajstić information content (AvgIpc) is 2.62. The molecule has 0 aromatic heterocycles. The highest BCUT2D eigenvalue weighted by Crippen LogP contribution is 2.21. The second-order valence-electron chi connectivity index (χ2n) is 5.97. The minimum Gasteiger partial charge on any atom is -0.368 e. The number of amides is 1. The Kier molecular flexibility index (Phi) is 4.63. The van der Waals surface area contributed by atoms with Crippen molar-refractivity contribution in [2.24, 2.45) is 5.73 Å². The van der Waals surface area contributed by atoms with Crippen molar-refractivity contribution in [3.8, 4) is 0 Å². The van der Waals surface area contributed by atoms with E-state index in [0.29, 0.717) is 6.54 Å². The van der Waals surface area contributed by atoms with Gasteiger partial charge in [0.25, 0.3) is 5.91 Å². The van der Waals surface area contributed by atoms with Crippen LogP contribution in [0.15, 0.2) is 48.5 Å². The molecule has 120 valence electrons. The SMILES string of the molecule is Cc1ccccc1N1CCN(C(=O)c2ccc(CN)cc2)CC1. The number of carbonyl (C=O) groups excluding carboxylic acids is 1. The number of nitrogens with zero attached hydrogens (tertiary/aromatic N) is 2. The van der Waals surface area contributed by atoms with Crippen molar-refractivity contribution in [1.29, 1.82) is 0 Å². The van der Waals surface area contributed by atoms with Crippen LogP contribution in [0.5, 0.6) is 0 Å². The fourth-order valence-corrected chi connectivity index (χ4v) is 3.03. The molecule has 1 fully saturated rings. The maximum absolute atomic E-state index is 12.6. The molecule has 0 unspecified atom stereocenters. The fraction of sp³-hybridized carbons (Fsp3) is 0.316. The predicted octanol–water partition coefficient (Wildman–Crippen LogP) is 2.42. The van der Waals surface area contributed by atoms with Gasteiger partial charge in [0.15, 0.2) is 0 Å². The lowest BCUT2D eigenvalue weighted by atomic mass is 10.1. The Morgan fingerprint density at radius 1 is 1.00 bits per heavy atom. The van der Waals surface area contributed by atoms with Gasteiger partial charge < -0.3 is 15.5 Å². The van der Waals surface area contributed by atoms with Gasteiger partial charge >= 0.3 is 0 Å². The summed E-state index contributed by atoms with van der Waals surface area (Å²) in [6.45, 7) is 5.89. The Labute approximate surface area is 137 Å². The number of hydrogen-bond donors (Lipinski definition) is 1. The van der Waals surface area contributed by atoms with Gasteiger partial charge in [-0.05, 0) is 36.2 Å². The van der Waals surface area contributed by atoms with E-state index in [-0.39, 0.29) is 5.91 Å². The number of carbonyl (C=O) groups is 1. The first kappa shape index (κ1) is 15.6. The lowest BCUT2D eigenvalue weighted by Gasteiger charge is -2.36. The van der Waals surface area contributed by atoms with Gasteiger partial charge in [-0.25, -0.2) is 0 Å². The number of benzene rings is 2. The molecule has 0 saturated carbocycles. The monoisotopic (exact) mass is 309 g/mol. The van der Waals surface area contributed by atoms with Crippen LogP contribution in [-0.4, -0.2) is 37.0 Å². The summed E-state index contributed by atoms with van der Waals surface area (Å²) in [6.07, 6.45) is 0. The molecule has 2 aromatic rings. The first-order valence-electron chi connectivity index (χ1n) is 8.08. The van der Waals surface area contributed by atoms with Crippen LogP contribution in [0.2, 0.25) is 0 Å². The number of aryl methyl sites for hydroxylation is 1. The minimum atomic E-state index is 0.109. The van der Waals surface area contributed by atoms with E-state index in [1.165, 1.54) is 11.3 Å². The number of hydrogen-bond acceptors (Lipinski definition) is 3. The number of rotatable bonds is 3. The summed E-state index contributed by atoms with van der Waals surface area (Å²) in [5.74, 6) is 0.109. The summed E-state index contributed by atoms with van der Waals surface area (Å²) in [5, 5.41) is 0. The Morgan fingerprint density at radius 2 is 1.65 bits per heavy atom. The van der Waals surface area contributed by atoms with Gasteiger partial charge in [-0.2, -0.15) is 0 Å². The van der Waals surface area contributed by atoms with E-state index < -0.39 is 0 Å². The molecule has 2 N–H and O–H groups in total. The smallest absolute Gasteiger partial charge is 0.253 e. The topological polar surface area (TPSA) is 49.6 Å². The van der Waals surface area contributed by atoms with E-state index in [2.05, 4.69) is 36.1 Å². The summed E-state index contributed by atoms with van der Waals surface area (Å²) in [5.41, 5.74) is 9.94. The van der Waals surface area contributed by atoms with Gasteiger partial charge in [-0.1, -0.05) is 30.3 Å². The maximum Gasteiger partial charge on any atom is 0.253 e.